The molecule has 0 heterocycles. The molecule has 1 saturated carbocycles. The topological polar surface area (TPSA) is 58.2 Å². The third-order valence-corrected chi connectivity index (χ3v) is 5.28. The Morgan fingerprint density at radius 1 is 1.19 bits per heavy atom. The smallest absolute Gasteiger partial charge is 0.252 e. The molecule has 2 aromatic rings. The van der Waals surface area contributed by atoms with Crippen LogP contribution in [0.15, 0.2) is 46.9 Å². The van der Waals surface area contributed by atoms with Gasteiger partial charge in [0.1, 0.15) is 0 Å². The Labute approximate surface area is 166 Å². The fourth-order valence-electron chi connectivity index (χ4n) is 2.91. The minimum atomic E-state index is -0.202. The van der Waals surface area contributed by atoms with Gasteiger partial charge in [0.05, 0.1) is 10.6 Å². The van der Waals surface area contributed by atoms with Crippen LogP contribution in [0.2, 0.25) is 5.02 Å². The highest BCUT2D eigenvalue weighted by molar-refractivity contribution is 9.10. The molecule has 6 heteroatoms. The Morgan fingerprint density at radius 2 is 1.92 bits per heavy atom. The summed E-state index contributed by atoms with van der Waals surface area (Å²) in [6, 6.07) is 13.0. The number of hydrogen-bond acceptors (Lipinski definition) is 2. The molecule has 2 unspecified atom stereocenters. The summed E-state index contributed by atoms with van der Waals surface area (Å²) in [6.07, 6.45) is 1.71. The van der Waals surface area contributed by atoms with Crippen molar-refractivity contribution in [3.05, 3.63) is 63.1 Å². The van der Waals surface area contributed by atoms with Crippen LogP contribution in [0.3, 0.4) is 0 Å². The van der Waals surface area contributed by atoms with E-state index in [1.807, 2.05) is 31.2 Å². The van der Waals surface area contributed by atoms with E-state index in [-0.39, 0.29) is 23.7 Å². The van der Waals surface area contributed by atoms with Gasteiger partial charge in [0.2, 0.25) is 5.91 Å². The second kappa shape index (κ2) is 8.23. The molecule has 136 valence electrons. The monoisotopic (exact) mass is 434 g/mol. The van der Waals surface area contributed by atoms with Gasteiger partial charge in [-0.1, -0.05) is 46.6 Å². The number of carbonyl (C=O) groups is 2. The molecule has 0 spiro atoms. The minimum Gasteiger partial charge on any atom is -0.352 e. The first kappa shape index (κ1) is 18.9. The quantitative estimate of drug-likeness (QED) is 0.672. The van der Waals surface area contributed by atoms with Crippen LogP contribution < -0.4 is 10.6 Å². The van der Waals surface area contributed by atoms with Gasteiger partial charge in [-0.3, -0.25) is 9.59 Å². The van der Waals surface area contributed by atoms with Crippen LogP contribution in [-0.4, -0.2) is 18.4 Å². The van der Waals surface area contributed by atoms with E-state index >= 15 is 0 Å². The summed E-state index contributed by atoms with van der Waals surface area (Å²) in [5.41, 5.74) is 2.19. The van der Waals surface area contributed by atoms with Crippen LogP contribution >= 0.6 is 27.5 Å². The maximum atomic E-state index is 12.5. The first-order valence-electron chi connectivity index (χ1n) is 8.63. The average molecular weight is 436 g/mol. The third-order valence-electron chi connectivity index (χ3n) is 4.44. The van der Waals surface area contributed by atoms with Crippen molar-refractivity contribution in [2.75, 3.05) is 11.9 Å². The summed E-state index contributed by atoms with van der Waals surface area (Å²) in [5, 5.41) is 6.02. The molecular formula is C20H20BrClN2O2. The van der Waals surface area contributed by atoms with Gasteiger partial charge in [-0.05, 0) is 54.7 Å². The maximum Gasteiger partial charge on any atom is 0.252 e. The lowest BCUT2D eigenvalue weighted by molar-refractivity contribution is -0.117. The number of halogens is 2. The number of rotatable bonds is 6. The predicted octanol–water partition coefficient (Wildman–Crippen LogP) is 4.98. The van der Waals surface area contributed by atoms with E-state index < -0.39 is 0 Å². The van der Waals surface area contributed by atoms with E-state index in [9.17, 15) is 9.59 Å². The van der Waals surface area contributed by atoms with Gasteiger partial charge in [0.15, 0.2) is 0 Å². The molecule has 2 atom stereocenters. The van der Waals surface area contributed by atoms with Crippen LogP contribution in [0.4, 0.5) is 5.69 Å². The fourth-order valence-corrected chi connectivity index (χ4v) is 3.44. The summed E-state index contributed by atoms with van der Waals surface area (Å²) in [7, 11) is 0. The molecule has 2 aromatic carbocycles. The second-order valence-corrected chi connectivity index (χ2v) is 7.76. The van der Waals surface area contributed by atoms with Gasteiger partial charge >= 0.3 is 0 Å². The van der Waals surface area contributed by atoms with Gasteiger partial charge in [-0.2, -0.15) is 0 Å². The molecule has 4 nitrogen and oxygen atoms in total. The third kappa shape index (κ3) is 4.46. The molecule has 1 fully saturated rings. The van der Waals surface area contributed by atoms with Crippen molar-refractivity contribution in [2.45, 2.75) is 25.7 Å². The van der Waals surface area contributed by atoms with E-state index in [4.69, 9.17) is 11.6 Å². The number of carbonyl (C=O) groups excluding carboxylic acids is 2. The summed E-state index contributed by atoms with van der Waals surface area (Å²) in [5.74, 6) is 0.0181. The van der Waals surface area contributed by atoms with E-state index in [0.29, 0.717) is 22.8 Å². The highest BCUT2D eigenvalue weighted by atomic mass is 79.9. The van der Waals surface area contributed by atoms with Crippen LogP contribution in [-0.2, 0) is 4.79 Å². The SMILES string of the molecule is CCCNC(=O)c1ccc(NC(=O)C2CC2c2ccc(Br)cc2)cc1Cl. The number of anilines is 1. The van der Waals surface area contributed by atoms with Crippen molar-refractivity contribution in [1.29, 1.82) is 0 Å². The number of benzene rings is 2. The Kier molecular flexibility index (Phi) is 5.99. The zero-order valence-corrected chi connectivity index (χ0v) is 16.7. The Morgan fingerprint density at radius 3 is 2.58 bits per heavy atom. The van der Waals surface area contributed by atoms with Crippen LogP contribution in [0.1, 0.15) is 41.6 Å². The fraction of sp³-hybridized carbons (Fsp3) is 0.300. The van der Waals surface area contributed by atoms with E-state index in [0.717, 1.165) is 17.3 Å². The van der Waals surface area contributed by atoms with Gasteiger partial charge in [-0.25, -0.2) is 0 Å². The van der Waals surface area contributed by atoms with Crippen LogP contribution in [0.25, 0.3) is 0 Å². The van der Waals surface area contributed by atoms with Gasteiger partial charge in [-0.15, -0.1) is 0 Å². The largest absolute Gasteiger partial charge is 0.352 e. The summed E-state index contributed by atoms with van der Waals surface area (Å²) in [6.45, 7) is 2.59. The molecule has 2 N–H and O–H groups in total. The molecule has 0 aliphatic heterocycles. The second-order valence-electron chi connectivity index (χ2n) is 6.44. The van der Waals surface area contributed by atoms with Gasteiger partial charge < -0.3 is 10.6 Å². The summed E-state index contributed by atoms with van der Waals surface area (Å²) >= 11 is 9.62. The maximum absolute atomic E-state index is 12.5. The van der Waals surface area contributed by atoms with Gasteiger partial charge in [0, 0.05) is 22.6 Å². The Bertz CT molecular complexity index is 823. The van der Waals surface area contributed by atoms with Gasteiger partial charge in [0.25, 0.3) is 5.91 Å². The Balaban J connectivity index is 1.61. The van der Waals surface area contributed by atoms with Crippen LogP contribution in [0.5, 0.6) is 0 Å². The average Bonchev–Trinajstić information content (AvgIpc) is 3.41. The molecule has 0 saturated heterocycles. The minimum absolute atomic E-state index is 0.0165. The zero-order chi connectivity index (χ0) is 18.7. The lowest BCUT2D eigenvalue weighted by Crippen LogP contribution is -2.24. The van der Waals surface area contributed by atoms with E-state index in [2.05, 4.69) is 26.6 Å². The number of nitrogens with one attached hydrogen (secondary N) is 2. The lowest BCUT2D eigenvalue weighted by Gasteiger charge is -2.09. The van der Waals surface area contributed by atoms with Crippen molar-refractivity contribution >= 4 is 45.0 Å². The number of amides is 2. The molecule has 1 aliphatic rings. The molecule has 26 heavy (non-hydrogen) atoms. The standard InChI is InChI=1S/C20H20BrClN2O2/c1-2-9-23-19(25)15-8-7-14(10-18(15)22)24-20(26)17-11-16(17)12-3-5-13(21)6-4-12/h3-8,10,16-17H,2,9,11H2,1H3,(H,23,25)(H,24,26). The molecule has 0 radical (unpaired) electrons. The van der Waals surface area contributed by atoms with Crippen molar-refractivity contribution in [1.82, 2.24) is 5.32 Å². The Hall–Kier alpha value is -1.85. The van der Waals surface area contributed by atoms with Crippen molar-refractivity contribution in [2.24, 2.45) is 5.92 Å². The predicted molar refractivity (Wildman–Crippen MR) is 108 cm³/mol. The lowest BCUT2D eigenvalue weighted by atomic mass is 10.1. The molecule has 3 rings (SSSR count). The van der Waals surface area contributed by atoms with E-state index in [1.54, 1.807) is 18.2 Å². The molecule has 0 bridgehead atoms. The summed E-state index contributed by atoms with van der Waals surface area (Å²) in [4.78, 5) is 24.5. The normalized spacial score (nSPS) is 18.3. The zero-order valence-electron chi connectivity index (χ0n) is 14.4. The molecule has 1 aliphatic carbocycles. The van der Waals surface area contributed by atoms with Crippen molar-refractivity contribution in [3.8, 4) is 0 Å². The molecule has 2 amide bonds. The van der Waals surface area contributed by atoms with Crippen molar-refractivity contribution < 1.29 is 9.59 Å². The highest BCUT2D eigenvalue weighted by Crippen LogP contribution is 2.48. The van der Waals surface area contributed by atoms with E-state index in [1.165, 1.54) is 5.56 Å². The first-order valence-corrected chi connectivity index (χ1v) is 9.80. The van der Waals surface area contributed by atoms with Crippen molar-refractivity contribution in [3.63, 3.8) is 0 Å². The molecular weight excluding hydrogens is 416 g/mol. The first-order chi connectivity index (χ1) is 12.5. The molecule has 0 aromatic heterocycles. The van der Waals surface area contributed by atoms with Crippen LogP contribution in [0, 0.1) is 5.92 Å². The highest BCUT2D eigenvalue weighted by Gasteiger charge is 2.43. The number of hydrogen-bond donors (Lipinski definition) is 2. The summed E-state index contributed by atoms with van der Waals surface area (Å²) < 4.78 is 1.03.